The normalized spacial score (nSPS) is 11.8. The van der Waals surface area contributed by atoms with Gasteiger partial charge in [0.25, 0.3) is 0 Å². The van der Waals surface area contributed by atoms with E-state index in [0.717, 1.165) is 12.1 Å². The molecular formula is C8H7BrF2N2. The van der Waals surface area contributed by atoms with Crippen LogP contribution >= 0.6 is 15.9 Å². The third-order valence-corrected chi connectivity index (χ3v) is 2.18. The van der Waals surface area contributed by atoms with Crippen molar-refractivity contribution in [3.05, 3.63) is 33.8 Å². The Labute approximate surface area is 82.6 Å². The molecule has 0 saturated heterocycles. The Morgan fingerprint density at radius 2 is 1.92 bits per heavy atom. The van der Waals surface area contributed by atoms with Gasteiger partial charge in [0, 0.05) is 17.1 Å². The average molecular weight is 249 g/mol. The van der Waals surface area contributed by atoms with Crippen molar-refractivity contribution in [2.45, 2.75) is 0 Å². The lowest BCUT2D eigenvalue weighted by Crippen LogP contribution is -2.14. The number of halogens is 3. The molecule has 2 N–H and O–H groups in total. The van der Waals surface area contributed by atoms with Gasteiger partial charge in [0.15, 0.2) is 11.6 Å². The molecule has 1 rings (SSSR count). The van der Waals surface area contributed by atoms with Crippen molar-refractivity contribution in [1.82, 2.24) is 0 Å². The molecule has 0 fully saturated rings. The summed E-state index contributed by atoms with van der Waals surface area (Å²) >= 11 is 3.06. The fourth-order valence-electron chi connectivity index (χ4n) is 0.839. The van der Waals surface area contributed by atoms with Gasteiger partial charge in [0.05, 0.1) is 0 Å². The zero-order valence-electron chi connectivity index (χ0n) is 6.81. The second-order valence-electron chi connectivity index (χ2n) is 2.36. The summed E-state index contributed by atoms with van der Waals surface area (Å²) in [6.45, 7) is 0. The first-order chi connectivity index (χ1) is 6.06. The lowest BCUT2D eigenvalue weighted by atomic mass is 10.2. The van der Waals surface area contributed by atoms with E-state index < -0.39 is 11.6 Å². The number of hydrogen-bond acceptors (Lipinski definition) is 1. The van der Waals surface area contributed by atoms with Crippen LogP contribution in [0.25, 0.3) is 0 Å². The molecule has 0 aromatic heterocycles. The largest absolute Gasteiger partial charge is 0.383 e. The molecule has 5 heteroatoms. The molecule has 0 spiro atoms. The molecular weight excluding hydrogens is 242 g/mol. The molecule has 0 atom stereocenters. The molecule has 0 aliphatic heterocycles. The third kappa shape index (κ3) is 2.03. The Kier molecular flexibility index (Phi) is 2.98. The summed E-state index contributed by atoms with van der Waals surface area (Å²) in [4.78, 5) is 3.67. The van der Waals surface area contributed by atoms with Gasteiger partial charge in [0.2, 0.25) is 0 Å². The lowest BCUT2D eigenvalue weighted by molar-refractivity contribution is 0.507. The smallest absolute Gasteiger partial charge is 0.159 e. The van der Waals surface area contributed by atoms with E-state index in [1.54, 1.807) is 0 Å². The van der Waals surface area contributed by atoms with E-state index in [9.17, 15) is 8.78 Å². The van der Waals surface area contributed by atoms with Crippen molar-refractivity contribution < 1.29 is 8.78 Å². The summed E-state index contributed by atoms with van der Waals surface area (Å²) in [6, 6.07) is 2.02. The third-order valence-electron chi connectivity index (χ3n) is 1.53. The summed E-state index contributed by atoms with van der Waals surface area (Å²) < 4.78 is 25.8. The molecule has 0 bridgehead atoms. The number of hydrogen-bond donors (Lipinski definition) is 1. The minimum Gasteiger partial charge on any atom is -0.383 e. The highest BCUT2D eigenvalue weighted by Gasteiger charge is 2.09. The van der Waals surface area contributed by atoms with Gasteiger partial charge in [-0.05, 0) is 28.1 Å². The summed E-state index contributed by atoms with van der Waals surface area (Å²) in [5, 5.41) is 0. The van der Waals surface area contributed by atoms with E-state index in [-0.39, 0.29) is 5.84 Å². The standard InChI is InChI=1S/C8H7BrF2N2/c1-13-8(12)4-2-6(10)7(11)3-5(4)9/h2-3H,1H3,(H2,12,13). The fraction of sp³-hybridized carbons (Fsp3) is 0.125. The number of amidine groups is 1. The molecule has 0 aliphatic carbocycles. The number of nitrogens with zero attached hydrogens (tertiary/aromatic N) is 1. The molecule has 0 saturated carbocycles. The molecule has 0 aliphatic rings. The summed E-state index contributed by atoms with van der Waals surface area (Å²) in [5.41, 5.74) is 5.79. The SMILES string of the molecule is CN=C(N)c1cc(F)c(F)cc1Br. The van der Waals surface area contributed by atoms with E-state index in [2.05, 4.69) is 20.9 Å². The Morgan fingerprint density at radius 1 is 1.38 bits per heavy atom. The highest BCUT2D eigenvalue weighted by Crippen LogP contribution is 2.20. The van der Waals surface area contributed by atoms with Gasteiger partial charge in [-0.2, -0.15) is 0 Å². The molecule has 0 heterocycles. The highest BCUT2D eigenvalue weighted by molar-refractivity contribution is 9.10. The number of rotatable bonds is 1. The van der Waals surface area contributed by atoms with Crippen LogP contribution in [0.15, 0.2) is 21.6 Å². The summed E-state index contributed by atoms with van der Waals surface area (Å²) in [6.07, 6.45) is 0. The van der Waals surface area contributed by atoms with Gasteiger partial charge in [-0.15, -0.1) is 0 Å². The molecule has 13 heavy (non-hydrogen) atoms. The maximum Gasteiger partial charge on any atom is 0.159 e. The fourth-order valence-corrected chi connectivity index (χ4v) is 1.36. The van der Waals surface area contributed by atoms with Crippen LogP contribution in [0.4, 0.5) is 8.78 Å². The van der Waals surface area contributed by atoms with Crippen LogP contribution in [-0.4, -0.2) is 12.9 Å². The lowest BCUT2D eigenvalue weighted by Gasteiger charge is -2.03. The predicted molar refractivity (Wildman–Crippen MR) is 50.7 cm³/mol. The number of benzene rings is 1. The topological polar surface area (TPSA) is 38.4 Å². The Hall–Kier alpha value is -0.970. The van der Waals surface area contributed by atoms with E-state index >= 15 is 0 Å². The van der Waals surface area contributed by atoms with Crippen molar-refractivity contribution >= 4 is 21.8 Å². The maximum atomic E-state index is 12.7. The van der Waals surface area contributed by atoms with E-state index in [4.69, 9.17) is 5.73 Å². The van der Waals surface area contributed by atoms with E-state index in [1.807, 2.05) is 0 Å². The van der Waals surface area contributed by atoms with E-state index in [0.29, 0.717) is 10.0 Å². The highest BCUT2D eigenvalue weighted by atomic mass is 79.9. The van der Waals surface area contributed by atoms with Crippen molar-refractivity contribution in [2.24, 2.45) is 10.7 Å². The Bertz CT molecular complexity index is 363. The van der Waals surface area contributed by atoms with Crippen LogP contribution in [0.5, 0.6) is 0 Å². The van der Waals surface area contributed by atoms with Crippen molar-refractivity contribution in [3.8, 4) is 0 Å². The van der Waals surface area contributed by atoms with Crippen LogP contribution in [0, 0.1) is 11.6 Å². The van der Waals surface area contributed by atoms with Crippen LogP contribution in [0.1, 0.15) is 5.56 Å². The quantitative estimate of drug-likeness (QED) is 0.461. The first-order valence-electron chi connectivity index (χ1n) is 3.43. The minimum absolute atomic E-state index is 0.158. The van der Waals surface area contributed by atoms with Crippen molar-refractivity contribution in [2.75, 3.05) is 7.05 Å². The van der Waals surface area contributed by atoms with Crippen LogP contribution in [0.2, 0.25) is 0 Å². The van der Waals surface area contributed by atoms with Crippen LogP contribution < -0.4 is 5.73 Å². The zero-order valence-corrected chi connectivity index (χ0v) is 8.40. The number of aliphatic imine (C=N–C) groups is 1. The molecule has 1 aromatic rings. The average Bonchev–Trinajstić information content (AvgIpc) is 2.10. The zero-order chi connectivity index (χ0) is 10.0. The molecule has 70 valence electrons. The first kappa shape index (κ1) is 10.1. The van der Waals surface area contributed by atoms with Gasteiger partial charge in [-0.25, -0.2) is 8.78 Å². The van der Waals surface area contributed by atoms with Gasteiger partial charge >= 0.3 is 0 Å². The number of nitrogens with two attached hydrogens (primary N) is 1. The molecule has 0 unspecified atom stereocenters. The van der Waals surface area contributed by atoms with Crippen molar-refractivity contribution in [3.63, 3.8) is 0 Å². The van der Waals surface area contributed by atoms with Gasteiger partial charge in [-0.3, -0.25) is 4.99 Å². The molecule has 2 nitrogen and oxygen atoms in total. The monoisotopic (exact) mass is 248 g/mol. The van der Waals surface area contributed by atoms with Crippen molar-refractivity contribution in [1.29, 1.82) is 0 Å². The predicted octanol–water partition coefficient (Wildman–Crippen LogP) is 2.06. The van der Waals surface area contributed by atoms with Crippen LogP contribution in [-0.2, 0) is 0 Å². The van der Waals surface area contributed by atoms with Gasteiger partial charge in [-0.1, -0.05) is 0 Å². The first-order valence-corrected chi connectivity index (χ1v) is 4.22. The molecule has 0 radical (unpaired) electrons. The summed E-state index contributed by atoms with van der Waals surface area (Å²) in [7, 11) is 1.48. The van der Waals surface area contributed by atoms with Gasteiger partial charge in [0.1, 0.15) is 5.84 Å². The molecule has 0 amide bonds. The summed E-state index contributed by atoms with van der Waals surface area (Å²) in [5.74, 6) is -1.70. The second-order valence-corrected chi connectivity index (χ2v) is 3.21. The van der Waals surface area contributed by atoms with Gasteiger partial charge < -0.3 is 5.73 Å². The Balaban J connectivity index is 3.32. The minimum atomic E-state index is -0.940. The second kappa shape index (κ2) is 3.83. The maximum absolute atomic E-state index is 12.7. The van der Waals surface area contributed by atoms with E-state index in [1.165, 1.54) is 7.05 Å². The Morgan fingerprint density at radius 3 is 2.46 bits per heavy atom. The van der Waals surface area contributed by atoms with Crippen LogP contribution in [0.3, 0.4) is 0 Å². The molecule has 1 aromatic carbocycles.